The predicted molar refractivity (Wildman–Crippen MR) is 129 cm³/mol. The van der Waals surface area contributed by atoms with E-state index in [-0.39, 0.29) is 5.91 Å². The molecule has 0 aliphatic carbocycles. The molecule has 0 N–H and O–H groups in total. The normalized spacial score (nSPS) is 15.0. The van der Waals surface area contributed by atoms with Gasteiger partial charge in [-0.3, -0.25) is 14.6 Å². The maximum absolute atomic E-state index is 13.2. The van der Waals surface area contributed by atoms with E-state index in [1.165, 1.54) is 11.3 Å². The van der Waals surface area contributed by atoms with Crippen molar-refractivity contribution in [3.63, 3.8) is 0 Å². The van der Waals surface area contributed by atoms with Gasteiger partial charge in [0.2, 0.25) is 0 Å². The van der Waals surface area contributed by atoms with E-state index in [4.69, 9.17) is 21.3 Å². The van der Waals surface area contributed by atoms with E-state index >= 15 is 0 Å². The van der Waals surface area contributed by atoms with E-state index in [0.717, 1.165) is 60.6 Å². The van der Waals surface area contributed by atoms with Crippen LogP contribution in [0.2, 0.25) is 5.02 Å². The minimum absolute atomic E-state index is 0.0614. The number of ether oxygens (including phenoxy) is 1. The fourth-order valence-electron chi connectivity index (χ4n) is 3.66. The lowest BCUT2D eigenvalue weighted by atomic mass is 10.2. The van der Waals surface area contributed by atoms with Crippen molar-refractivity contribution in [1.29, 1.82) is 0 Å². The van der Waals surface area contributed by atoms with Gasteiger partial charge in [-0.2, -0.15) is 0 Å². The van der Waals surface area contributed by atoms with Crippen LogP contribution in [-0.2, 0) is 9.53 Å². The van der Waals surface area contributed by atoms with Gasteiger partial charge in [0, 0.05) is 37.3 Å². The number of aromatic nitrogens is 1. The first kappa shape index (κ1) is 22.0. The molecule has 31 heavy (non-hydrogen) atoms. The van der Waals surface area contributed by atoms with Gasteiger partial charge in [-0.25, -0.2) is 4.98 Å². The molecule has 4 rings (SSSR count). The molecule has 1 saturated heterocycles. The molecule has 2 heterocycles. The fraction of sp³-hybridized carbons (Fsp3) is 0.333. The number of rotatable bonds is 7. The minimum Gasteiger partial charge on any atom is -0.379 e. The van der Waals surface area contributed by atoms with Crippen molar-refractivity contribution in [3.8, 4) is 0 Å². The van der Waals surface area contributed by atoms with Crippen LogP contribution >= 0.6 is 22.9 Å². The van der Waals surface area contributed by atoms with Gasteiger partial charge in [0.15, 0.2) is 5.13 Å². The average Bonchev–Trinajstić information content (AvgIpc) is 3.20. The molecule has 0 atom stereocenters. The highest BCUT2D eigenvalue weighted by molar-refractivity contribution is 7.22. The second-order valence-electron chi connectivity index (χ2n) is 7.61. The first-order chi connectivity index (χ1) is 15.1. The SMILES string of the molecule is Cc1cc(Cl)cc2sc(N(CCCN3CCOCC3)C(=O)/C=C/c3ccccc3)nc12. The van der Waals surface area contributed by atoms with Crippen LogP contribution in [-0.4, -0.2) is 55.2 Å². The summed E-state index contributed by atoms with van der Waals surface area (Å²) in [4.78, 5) is 22.1. The van der Waals surface area contributed by atoms with Crippen molar-refractivity contribution in [2.45, 2.75) is 13.3 Å². The smallest absolute Gasteiger partial charge is 0.252 e. The quantitative estimate of drug-likeness (QED) is 0.469. The van der Waals surface area contributed by atoms with Gasteiger partial charge in [0.1, 0.15) is 0 Å². The minimum atomic E-state index is -0.0614. The van der Waals surface area contributed by atoms with E-state index < -0.39 is 0 Å². The van der Waals surface area contributed by atoms with Crippen molar-refractivity contribution in [2.24, 2.45) is 0 Å². The van der Waals surface area contributed by atoms with Crippen molar-refractivity contribution in [1.82, 2.24) is 9.88 Å². The van der Waals surface area contributed by atoms with Gasteiger partial charge in [0.05, 0.1) is 23.4 Å². The third-order valence-electron chi connectivity index (χ3n) is 5.31. The van der Waals surface area contributed by atoms with Gasteiger partial charge in [-0.05, 0) is 42.7 Å². The Bertz CT molecular complexity index is 1060. The summed E-state index contributed by atoms with van der Waals surface area (Å²) in [6, 6.07) is 13.7. The van der Waals surface area contributed by atoms with E-state index in [1.807, 2.05) is 55.5 Å². The third kappa shape index (κ3) is 5.71. The van der Waals surface area contributed by atoms with Crippen LogP contribution < -0.4 is 4.90 Å². The van der Waals surface area contributed by atoms with Crippen molar-refractivity contribution in [2.75, 3.05) is 44.3 Å². The van der Waals surface area contributed by atoms with E-state index in [0.29, 0.717) is 16.7 Å². The second kappa shape index (κ2) is 10.4. The lowest BCUT2D eigenvalue weighted by Gasteiger charge is -2.27. The number of thiazole rings is 1. The van der Waals surface area contributed by atoms with Crippen LogP contribution in [0.15, 0.2) is 48.5 Å². The molecule has 1 aliphatic rings. The van der Waals surface area contributed by atoms with Crippen LogP contribution in [0.3, 0.4) is 0 Å². The lowest BCUT2D eigenvalue weighted by Crippen LogP contribution is -2.39. The number of benzene rings is 2. The Labute approximate surface area is 191 Å². The molecule has 0 bridgehead atoms. The number of anilines is 1. The van der Waals surface area contributed by atoms with Gasteiger partial charge < -0.3 is 4.74 Å². The third-order valence-corrected chi connectivity index (χ3v) is 6.56. The van der Waals surface area contributed by atoms with Gasteiger partial charge in [-0.1, -0.05) is 53.3 Å². The molecule has 1 aromatic heterocycles. The fourth-order valence-corrected chi connectivity index (χ4v) is 5.11. The highest BCUT2D eigenvalue weighted by atomic mass is 35.5. The Morgan fingerprint density at radius 1 is 1.26 bits per heavy atom. The zero-order valence-corrected chi connectivity index (χ0v) is 19.2. The molecule has 0 saturated carbocycles. The van der Waals surface area contributed by atoms with Gasteiger partial charge in [0.25, 0.3) is 5.91 Å². The van der Waals surface area contributed by atoms with Crippen LogP contribution in [0, 0.1) is 6.92 Å². The number of nitrogens with zero attached hydrogens (tertiary/aromatic N) is 3. The number of carbonyl (C=O) groups excluding carboxylic acids is 1. The second-order valence-corrected chi connectivity index (χ2v) is 9.05. The Hall–Kier alpha value is -2.25. The molecular weight excluding hydrogens is 430 g/mol. The summed E-state index contributed by atoms with van der Waals surface area (Å²) in [5.41, 5.74) is 2.92. The molecular formula is C24H26ClN3O2S. The monoisotopic (exact) mass is 455 g/mol. The molecule has 0 radical (unpaired) electrons. The standard InChI is InChI=1S/C24H26ClN3O2S/c1-18-16-20(25)17-21-23(18)26-24(31-21)28(11-5-10-27-12-14-30-15-13-27)22(29)9-8-19-6-3-2-4-7-19/h2-4,6-9,16-17H,5,10-15H2,1H3/b9-8+. The molecule has 1 amide bonds. The molecule has 0 spiro atoms. The number of amides is 1. The van der Waals surface area contributed by atoms with Gasteiger partial charge >= 0.3 is 0 Å². The maximum atomic E-state index is 13.2. The van der Waals surface area contributed by atoms with E-state index in [1.54, 1.807) is 11.0 Å². The number of carbonyl (C=O) groups is 1. The van der Waals surface area contributed by atoms with Crippen LogP contribution in [0.1, 0.15) is 17.5 Å². The van der Waals surface area contributed by atoms with Crippen LogP contribution in [0.4, 0.5) is 5.13 Å². The topological polar surface area (TPSA) is 45.7 Å². The zero-order chi connectivity index (χ0) is 21.6. The summed E-state index contributed by atoms with van der Waals surface area (Å²) in [6.45, 7) is 6.99. The summed E-state index contributed by atoms with van der Waals surface area (Å²) in [5, 5.41) is 1.40. The summed E-state index contributed by atoms with van der Waals surface area (Å²) >= 11 is 7.75. The Morgan fingerprint density at radius 3 is 2.81 bits per heavy atom. The lowest BCUT2D eigenvalue weighted by molar-refractivity contribution is -0.114. The molecule has 1 fully saturated rings. The summed E-state index contributed by atoms with van der Waals surface area (Å²) in [7, 11) is 0. The van der Waals surface area contributed by atoms with Crippen LogP contribution in [0.25, 0.3) is 16.3 Å². The van der Waals surface area contributed by atoms with Crippen molar-refractivity contribution >= 4 is 50.3 Å². The first-order valence-electron chi connectivity index (χ1n) is 10.5. The molecule has 7 heteroatoms. The Balaban J connectivity index is 1.54. The molecule has 5 nitrogen and oxygen atoms in total. The number of morpholine rings is 1. The summed E-state index contributed by atoms with van der Waals surface area (Å²) < 4.78 is 6.43. The molecule has 3 aromatic rings. The zero-order valence-electron chi connectivity index (χ0n) is 17.6. The molecule has 162 valence electrons. The number of hydrogen-bond donors (Lipinski definition) is 0. The molecule has 2 aromatic carbocycles. The summed E-state index contributed by atoms with van der Waals surface area (Å²) in [6.07, 6.45) is 4.36. The van der Waals surface area contributed by atoms with Crippen LogP contribution in [0.5, 0.6) is 0 Å². The largest absolute Gasteiger partial charge is 0.379 e. The van der Waals surface area contributed by atoms with Crippen molar-refractivity contribution < 1.29 is 9.53 Å². The van der Waals surface area contributed by atoms with Crippen molar-refractivity contribution in [3.05, 3.63) is 64.7 Å². The average molecular weight is 456 g/mol. The Morgan fingerprint density at radius 2 is 2.03 bits per heavy atom. The molecule has 1 aliphatic heterocycles. The molecule has 0 unspecified atom stereocenters. The van der Waals surface area contributed by atoms with E-state index in [2.05, 4.69) is 4.90 Å². The number of aryl methyl sites for hydroxylation is 1. The Kier molecular flexibility index (Phi) is 7.35. The predicted octanol–water partition coefficient (Wildman–Crippen LogP) is 5.03. The van der Waals surface area contributed by atoms with Gasteiger partial charge in [-0.15, -0.1) is 0 Å². The maximum Gasteiger partial charge on any atom is 0.252 e. The highest BCUT2D eigenvalue weighted by Gasteiger charge is 2.19. The number of fused-ring (bicyclic) bond motifs is 1. The number of hydrogen-bond acceptors (Lipinski definition) is 5. The number of halogens is 1. The first-order valence-corrected chi connectivity index (χ1v) is 11.7. The highest BCUT2D eigenvalue weighted by Crippen LogP contribution is 2.33. The van der Waals surface area contributed by atoms with E-state index in [9.17, 15) is 4.79 Å². The summed E-state index contributed by atoms with van der Waals surface area (Å²) in [5.74, 6) is -0.0614.